The van der Waals surface area contributed by atoms with Crippen molar-refractivity contribution in [3.63, 3.8) is 0 Å². The maximum Gasteiger partial charge on any atom is 0.244 e. The van der Waals surface area contributed by atoms with Gasteiger partial charge in [0.1, 0.15) is 6.54 Å². The zero-order valence-electron chi connectivity index (χ0n) is 8.77. The summed E-state index contributed by atoms with van der Waals surface area (Å²) < 4.78 is 1.54. The second-order valence-electron chi connectivity index (χ2n) is 3.57. The quantitative estimate of drug-likeness (QED) is 0.757. The number of aromatic nitrogens is 2. The Morgan fingerprint density at radius 1 is 1.71 bits per heavy atom. The normalized spacial score (nSPS) is 10.6. The molecule has 0 atom stereocenters. The first kappa shape index (κ1) is 10.6. The van der Waals surface area contributed by atoms with E-state index in [1.807, 2.05) is 13.8 Å². The molecule has 0 bridgehead atoms. The molecule has 0 fully saturated rings. The minimum Gasteiger partial charge on any atom is -0.396 e. The van der Waals surface area contributed by atoms with Gasteiger partial charge < -0.3 is 10.6 Å². The van der Waals surface area contributed by atoms with E-state index < -0.39 is 0 Å². The first-order valence-corrected chi connectivity index (χ1v) is 4.54. The number of hydrogen-bond donors (Lipinski definition) is 1. The molecule has 5 nitrogen and oxygen atoms in total. The fraction of sp³-hybridized carbons (Fsp3) is 0.556. The molecule has 0 aliphatic heterocycles. The van der Waals surface area contributed by atoms with Gasteiger partial charge in [0, 0.05) is 19.3 Å². The summed E-state index contributed by atoms with van der Waals surface area (Å²) in [6.45, 7) is 4.18. The molecule has 1 aromatic heterocycles. The lowest BCUT2D eigenvalue weighted by Crippen LogP contribution is -2.35. The van der Waals surface area contributed by atoms with Crippen LogP contribution in [0.3, 0.4) is 0 Å². The summed E-state index contributed by atoms with van der Waals surface area (Å²) in [4.78, 5) is 13.3. The van der Waals surface area contributed by atoms with Crippen LogP contribution in [-0.2, 0) is 11.3 Å². The van der Waals surface area contributed by atoms with E-state index in [-0.39, 0.29) is 18.5 Å². The summed E-state index contributed by atoms with van der Waals surface area (Å²) in [6, 6.07) is 0.204. The lowest BCUT2D eigenvalue weighted by atomic mass is 10.3. The summed E-state index contributed by atoms with van der Waals surface area (Å²) in [5.74, 6) is 0.0306. The Morgan fingerprint density at radius 3 is 2.79 bits per heavy atom. The summed E-state index contributed by atoms with van der Waals surface area (Å²) >= 11 is 0. The lowest BCUT2D eigenvalue weighted by molar-refractivity contribution is -0.132. The van der Waals surface area contributed by atoms with E-state index in [0.717, 1.165) is 0 Å². The molecule has 1 rings (SSSR count). The topological polar surface area (TPSA) is 64.2 Å². The van der Waals surface area contributed by atoms with Crippen LogP contribution in [0.15, 0.2) is 12.4 Å². The Labute approximate surface area is 83.5 Å². The van der Waals surface area contributed by atoms with Crippen LogP contribution in [0.4, 0.5) is 5.69 Å². The largest absolute Gasteiger partial charge is 0.396 e. The zero-order chi connectivity index (χ0) is 10.7. The number of nitrogens with zero attached hydrogens (tertiary/aromatic N) is 3. The van der Waals surface area contributed by atoms with Gasteiger partial charge in [-0.05, 0) is 13.8 Å². The van der Waals surface area contributed by atoms with E-state index in [0.29, 0.717) is 5.69 Å². The van der Waals surface area contributed by atoms with Gasteiger partial charge in [-0.2, -0.15) is 5.10 Å². The molecule has 0 aliphatic rings. The van der Waals surface area contributed by atoms with Gasteiger partial charge in [0.2, 0.25) is 5.91 Å². The van der Waals surface area contributed by atoms with Crippen molar-refractivity contribution >= 4 is 11.6 Å². The van der Waals surface area contributed by atoms with Gasteiger partial charge in [-0.25, -0.2) is 0 Å². The van der Waals surface area contributed by atoms with Gasteiger partial charge in [-0.1, -0.05) is 0 Å². The second kappa shape index (κ2) is 4.13. The van der Waals surface area contributed by atoms with Crippen LogP contribution < -0.4 is 5.73 Å². The average Bonchev–Trinajstić information content (AvgIpc) is 2.49. The molecule has 2 N–H and O–H groups in total. The number of carbonyl (C=O) groups is 1. The standard InChI is InChI=1S/C9H16N4O/c1-7(2)12(3)9(14)6-13-5-8(10)4-11-13/h4-5,7H,6,10H2,1-3H3. The number of rotatable bonds is 3. The van der Waals surface area contributed by atoms with E-state index in [9.17, 15) is 4.79 Å². The van der Waals surface area contributed by atoms with Gasteiger partial charge in [0.15, 0.2) is 0 Å². The molecule has 0 saturated heterocycles. The van der Waals surface area contributed by atoms with Gasteiger partial charge in [0.05, 0.1) is 11.9 Å². The number of nitrogens with two attached hydrogens (primary N) is 1. The molecule has 1 heterocycles. The van der Waals surface area contributed by atoms with Crippen molar-refractivity contribution in [3.05, 3.63) is 12.4 Å². The van der Waals surface area contributed by atoms with Crippen LogP contribution in [0.2, 0.25) is 0 Å². The van der Waals surface area contributed by atoms with E-state index >= 15 is 0 Å². The van der Waals surface area contributed by atoms with Crippen LogP contribution in [0.5, 0.6) is 0 Å². The van der Waals surface area contributed by atoms with Crippen molar-refractivity contribution in [2.45, 2.75) is 26.4 Å². The van der Waals surface area contributed by atoms with Crippen molar-refractivity contribution in [2.24, 2.45) is 0 Å². The molecule has 0 unspecified atom stereocenters. The molecule has 0 saturated carbocycles. The van der Waals surface area contributed by atoms with E-state index in [2.05, 4.69) is 5.10 Å². The van der Waals surface area contributed by atoms with Crippen molar-refractivity contribution < 1.29 is 4.79 Å². The monoisotopic (exact) mass is 196 g/mol. The Kier molecular flexibility index (Phi) is 3.11. The first-order chi connectivity index (χ1) is 6.50. The summed E-state index contributed by atoms with van der Waals surface area (Å²) in [5.41, 5.74) is 6.06. The van der Waals surface area contributed by atoms with Crippen LogP contribution in [0.1, 0.15) is 13.8 Å². The Hall–Kier alpha value is -1.52. The number of anilines is 1. The second-order valence-corrected chi connectivity index (χ2v) is 3.57. The number of carbonyl (C=O) groups excluding carboxylic acids is 1. The minimum atomic E-state index is 0.0306. The van der Waals surface area contributed by atoms with Crippen molar-refractivity contribution in [1.29, 1.82) is 0 Å². The van der Waals surface area contributed by atoms with Crippen molar-refractivity contribution in [1.82, 2.24) is 14.7 Å². The van der Waals surface area contributed by atoms with Crippen LogP contribution in [0, 0.1) is 0 Å². The Bertz CT molecular complexity index is 318. The molecular formula is C9H16N4O. The number of hydrogen-bond acceptors (Lipinski definition) is 3. The predicted molar refractivity (Wildman–Crippen MR) is 54.5 cm³/mol. The van der Waals surface area contributed by atoms with E-state index in [4.69, 9.17) is 5.73 Å². The SMILES string of the molecule is CC(C)N(C)C(=O)Cn1cc(N)cn1. The number of amides is 1. The average molecular weight is 196 g/mol. The first-order valence-electron chi connectivity index (χ1n) is 4.54. The third kappa shape index (κ3) is 2.48. The fourth-order valence-electron chi connectivity index (χ4n) is 1.00. The summed E-state index contributed by atoms with van der Waals surface area (Å²) in [6.07, 6.45) is 3.18. The van der Waals surface area contributed by atoms with Crippen molar-refractivity contribution in [3.8, 4) is 0 Å². The third-order valence-corrected chi connectivity index (χ3v) is 2.12. The molecular weight excluding hydrogens is 180 g/mol. The fourth-order valence-corrected chi connectivity index (χ4v) is 1.00. The predicted octanol–water partition coefficient (Wildman–Crippen LogP) is 0.332. The highest BCUT2D eigenvalue weighted by Crippen LogP contribution is 2.00. The molecule has 14 heavy (non-hydrogen) atoms. The van der Waals surface area contributed by atoms with Crippen LogP contribution in [-0.4, -0.2) is 33.7 Å². The maximum atomic E-state index is 11.6. The Balaban J connectivity index is 2.57. The highest BCUT2D eigenvalue weighted by Gasteiger charge is 2.12. The minimum absolute atomic E-state index is 0.0306. The van der Waals surface area contributed by atoms with Gasteiger partial charge in [-0.3, -0.25) is 9.48 Å². The van der Waals surface area contributed by atoms with Crippen LogP contribution >= 0.6 is 0 Å². The third-order valence-electron chi connectivity index (χ3n) is 2.12. The zero-order valence-corrected chi connectivity index (χ0v) is 8.77. The lowest BCUT2D eigenvalue weighted by Gasteiger charge is -2.21. The molecule has 1 amide bonds. The van der Waals surface area contributed by atoms with E-state index in [1.54, 1.807) is 18.1 Å². The van der Waals surface area contributed by atoms with Gasteiger partial charge >= 0.3 is 0 Å². The molecule has 0 aliphatic carbocycles. The summed E-state index contributed by atoms with van der Waals surface area (Å²) in [7, 11) is 1.78. The highest BCUT2D eigenvalue weighted by molar-refractivity contribution is 5.75. The van der Waals surface area contributed by atoms with Crippen LogP contribution in [0.25, 0.3) is 0 Å². The molecule has 0 radical (unpaired) electrons. The maximum absolute atomic E-state index is 11.6. The van der Waals surface area contributed by atoms with Gasteiger partial charge in [-0.15, -0.1) is 0 Å². The molecule has 5 heteroatoms. The highest BCUT2D eigenvalue weighted by atomic mass is 16.2. The van der Waals surface area contributed by atoms with Gasteiger partial charge in [0.25, 0.3) is 0 Å². The molecule has 0 spiro atoms. The molecule has 1 aromatic rings. The molecule has 78 valence electrons. The smallest absolute Gasteiger partial charge is 0.244 e. The Morgan fingerprint density at radius 2 is 2.36 bits per heavy atom. The van der Waals surface area contributed by atoms with E-state index in [1.165, 1.54) is 10.9 Å². The molecule has 0 aromatic carbocycles. The summed E-state index contributed by atoms with van der Waals surface area (Å²) in [5, 5.41) is 3.94. The number of nitrogen functional groups attached to an aromatic ring is 1. The number of likely N-dealkylation sites (N-methyl/N-ethyl adjacent to an activating group) is 1. The van der Waals surface area contributed by atoms with Crippen molar-refractivity contribution in [2.75, 3.05) is 12.8 Å².